The molecule has 0 aliphatic heterocycles. The molecule has 4 rings (SSSR count). The van der Waals surface area contributed by atoms with Crippen molar-refractivity contribution in [3.63, 3.8) is 0 Å². The molecule has 0 amide bonds. The van der Waals surface area contributed by atoms with Gasteiger partial charge in [0, 0.05) is 35.7 Å². The quantitative estimate of drug-likeness (QED) is 0.211. The first-order valence-corrected chi connectivity index (χ1v) is 12.2. The van der Waals surface area contributed by atoms with Crippen molar-refractivity contribution in [2.24, 2.45) is 5.73 Å². The number of methoxy groups -OCH3 is 1. The molecule has 0 bridgehead atoms. The zero-order chi connectivity index (χ0) is 26.4. The highest BCUT2D eigenvalue weighted by Gasteiger charge is 2.16. The van der Waals surface area contributed by atoms with Crippen LogP contribution in [0.25, 0.3) is 22.1 Å². The first-order valence-electron chi connectivity index (χ1n) is 12.2. The van der Waals surface area contributed by atoms with Crippen LogP contribution in [0.15, 0.2) is 65.1 Å². The number of benzene rings is 3. The summed E-state index contributed by atoms with van der Waals surface area (Å²) in [4.78, 5) is 24.1. The number of carbonyl (C=O) groups excluding carboxylic acids is 2. The third kappa shape index (κ3) is 6.25. The Balaban J connectivity index is 1.71. The van der Waals surface area contributed by atoms with Crippen LogP contribution in [-0.4, -0.2) is 25.5 Å². The van der Waals surface area contributed by atoms with Crippen molar-refractivity contribution in [2.75, 3.05) is 13.7 Å². The van der Waals surface area contributed by atoms with Crippen molar-refractivity contribution in [2.45, 2.75) is 40.0 Å². The molecule has 1 heterocycles. The second-order valence-electron chi connectivity index (χ2n) is 8.76. The van der Waals surface area contributed by atoms with Crippen LogP contribution in [0.5, 0.6) is 5.75 Å². The molecule has 0 aliphatic rings. The number of ether oxygens (including phenoxy) is 3. The van der Waals surface area contributed by atoms with Gasteiger partial charge < -0.3 is 24.4 Å². The second kappa shape index (κ2) is 11.9. The summed E-state index contributed by atoms with van der Waals surface area (Å²) in [5.41, 5.74) is 11.6. The van der Waals surface area contributed by atoms with E-state index in [1.165, 1.54) is 6.92 Å². The molecule has 0 fully saturated rings. The van der Waals surface area contributed by atoms with E-state index in [0.717, 1.165) is 39.0 Å². The van der Waals surface area contributed by atoms with E-state index in [1.54, 1.807) is 32.2 Å². The summed E-state index contributed by atoms with van der Waals surface area (Å²) in [6, 6.07) is 19.1. The Labute approximate surface area is 216 Å². The van der Waals surface area contributed by atoms with Crippen molar-refractivity contribution >= 4 is 22.7 Å². The summed E-state index contributed by atoms with van der Waals surface area (Å²) >= 11 is 0. The molecule has 192 valence electrons. The van der Waals surface area contributed by atoms with Gasteiger partial charge in [-0.2, -0.15) is 0 Å². The average molecular weight is 502 g/mol. The number of hydrogen-bond donors (Lipinski definition) is 1. The first-order chi connectivity index (χ1) is 17.9. The molecule has 0 radical (unpaired) electrons. The zero-order valence-corrected chi connectivity index (χ0v) is 21.3. The van der Waals surface area contributed by atoms with E-state index >= 15 is 0 Å². The maximum absolute atomic E-state index is 12.1. The topological polar surface area (TPSA) is 101 Å². The van der Waals surface area contributed by atoms with Crippen molar-refractivity contribution in [3.05, 3.63) is 88.7 Å². The van der Waals surface area contributed by atoms with E-state index in [1.807, 2.05) is 42.5 Å². The molecule has 0 saturated carbocycles. The van der Waals surface area contributed by atoms with Crippen molar-refractivity contribution < 1.29 is 28.2 Å². The fraction of sp³-hybridized carbons (Fsp3) is 0.267. The number of esters is 1. The molecule has 1 aromatic heterocycles. The Hall–Kier alpha value is -3.94. The van der Waals surface area contributed by atoms with Crippen LogP contribution < -0.4 is 10.5 Å². The molecule has 37 heavy (non-hydrogen) atoms. The van der Waals surface area contributed by atoms with Crippen LogP contribution in [0, 0.1) is 0 Å². The maximum atomic E-state index is 12.1. The third-order valence-electron chi connectivity index (χ3n) is 6.00. The van der Waals surface area contributed by atoms with E-state index in [2.05, 4.69) is 0 Å². The lowest BCUT2D eigenvalue weighted by Crippen LogP contribution is -2.10. The van der Waals surface area contributed by atoms with Gasteiger partial charge in [0.15, 0.2) is 5.78 Å². The average Bonchev–Trinajstić information content (AvgIpc) is 3.30. The van der Waals surface area contributed by atoms with E-state index in [4.69, 9.17) is 24.4 Å². The highest BCUT2D eigenvalue weighted by Crippen LogP contribution is 2.34. The van der Waals surface area contributed by atoms with Crippen molar-refractivity contribution in [1.82, 2.24) is 0 Å². The molecule has 0 unspecified atom stereocenters. The highest BCUT2D eigenvalue weighted by molar-refractivity contribution is 5.95. The molecule has 0 saturated heterocycles. The van der Waals surface area contributed by atoms with Gasteiger partial charge in [0.25, 0.3) is 0 Å². The molecule has 7 heteroatoms. The predicted molar refractivity (Wildman–Crippen MR) is 141 cm³/mol. The molecule has 2 N–H and O–H groups in total. The number of hydrogen-bond acceptors (Lipinski definition) is 7. The Morgan fingerprint density at radius 1 is 0.973 bits per heavy atom. The van der Waals surface area contributed by atoms with Gasteiger partial charge in [-0.1, -0.05) is 30.3 Å². The molecule has 0 aliphatic carbocycles. The van der Waals surface area contributed by atoms with Gasteiger partial charge in [-0.3, -0.25) is 9.59 Å². The molecule has 4 aromatic rings. The number of Topliss-reactive ketones (excluding diaryl/α,β-unsaturated/α-hetero) is 1. The SMILES string of the molecule is CCOC(=O)Cc1ccc(C(C)=O)cc1OCc1cc(-c2cccc(CN)c2)c2oc(COC)cc2c1. The van der Waals surface area contributed by atoms with Gasteiger partial charge in [0.05, 0.1) is 13.0 Å². The van der Waals surface area contributed by atoms with Gasteiger partial charge in [0.2, 0.25) is 0 Å². The van der Waals surface area contributed by atoms with Gasteiger partial charge in [0.1, 0.15) is 30.3 Å². The van der Waals surface area contributed by atoms with Crippen LogP contribution in [-0.2, 0) is 40.4 Å². The Morgan fingerprint density at radius 2 is 1.81 bits per heavy atom. The predicted octanol–water partition coefficient (Wildman–Crippen LogP) is 5.59. The minimum Gasteiger partial charge on any atom is -0.489 e. The van der Waals surface area contributed by atoms with Crippen molar-refractivity contribution in [3.8, 4) is 16.9 Å². The molecular weight excluding hydrogens is 470 g/mol. The Kier molecular flexibility index (Phi) is 8.38. The highest BCUT2D eigenvalue weighted by atomic mass is 16.5. The summed E-state index contributed by atoms with van der Waals surface area (Å²) < 4.78 is 22.7. The summed E-state index contributed by atoms with van der Waals surface area (Å²) in [6.07, 6.45) is 0.0552. The van der Waals surface area contributed by atoms with Crippen LogP contribution in [0.2, 0.25) is 0 Å². The van der Waals surface area contributed by atoms with E-state index in [-0.39, 0.29) is 24.8 Å². The smallest absolute Gasteiger partial charge is 0.310 e. The normalized spacial score (nSPS) is 11.0. The van der Waals surface area contributed by atoms with E-state index < -0.39 is 0 Å². The Morgan fingerprint density at radius 3 is 2.54 bits per heavy atom. The molecular formula is C30H31NO6. The zero-order valence-electron chi connectivity index (χ0n) is 21.3. The van der Waals surface area contributed by atoms with E-state index in [9.17, 15) is 9.59 Å². The summed E-state index contributed by atoms with van der Waals surface area (Å²) in [7, 11) is 1.63. The number of fused-ring (bicyclic) bond motifs is 1. The lowest BCUT2D eigenvalue weighted by atomic mass is 9.99. The third-order valence-corrected chi connectivity index (χ3v) is 6.00. The summed E-state index contributed by atoms with van der Waals surface area (Å²) in [5.74, 6) is 0.757. The number of carbonyl (C=O) groups is 2. The van der Waals surface area contributed by atoms with Gasteiger partial charge >= 0.3 is 5.97 Å². The maximum Gasteiger partial charge on any atom is 0.310 e. The number of ketones is 1. The number of rotatable bonds is 11. The molecule has 0 atom stereocenters. The van der Waals surface area contributed by atoms with Crippen LogP contribution in [0.3, 0.4) is 0 Å². The minimum absolute atomic E-state index is 0.0552. The summed E-state index contributed by atoms with van der Waals surface area (Å²) in [6.45, 7) is 4.57. The number of nitrogens with two attached hydrogens (primary N) is 1. The molecule has 3 aromatic carbocycles. The largest absolute Gasteiger partial charge is 0.489 e. The van der Waals surface area contributed by atoms with Gasteiger partial charge in [-0.05, 0) is 60.9 Å². The van der Waals surface area contributed by atoms with Crippen LogP contribution >= 0.6 is 0 Å². The van der Waals surface area contributed by atoms with Gasteiger partial charge in [-0.25, -0.2) is 0 Å². The standard InChI is InChI=1S/C30H31NO6/c1-4-35-29(33)15-24-9-8-22(19(2)32)14-28(24)36-17-21-11-25-13-26(18-34-3)37-30(25)27(12-21)23-7-5-6-20(10-23)16-31/h5-14H,4,15-18,31H2,1-3H3. The van der Waals surface area contributed by atoms with Crippen molar-refractivity contribution in [1.29, 1.82) is 0 Å². The first kappa shape index (κ1) is 26.1. The fourth-order valence-corrected chi connectivity index (χ4v) is 4.23. The fourth-order valence-electron chi connectivity index (χ4n) is 4.23. The minimum atomic E-state index is -0.351. The monoisotopic (exact) mass is 501 g/mol. The molecule has 7 nitrogen and oxygen atoms in total. The van der Waals surface area contributed by atoms with E-state index in [0.29, 0.717) is 36.6 Å². The second-order valence-corrected chi connectivity index (χ2v) is 8.76. The summed E-state index contributed by atoms with van der Waals surface area (Å²) in [5, 5.41) is 0.922. The molecule has 0 spiro atoms. The van der Waals surface area contributed by atoms with Crippen LogP contribution in [0.4, 0.5) is 0 Å². The lowest BCUT2D eigenvalue weighted by molar-refractivity contribution is -0.142. The van der Waals surface area contributed by atoms with Crippen LogP contribution in [0.1, 0.15) is 46.7 Å². The lowest BCUT2D eigenvalue weighted by Gasteiger charge is -2.14. The Bertz CT molecular complexity index is 1420. The number of furan rings is 1. The van der Waals surface area contributed by atoms with Gasteiger partial charge in [-0.15, -0.1) is 0 Å².